The molecule has 0 aliphatic carbocycles. The molecule has 0 radical (unpaired) electrons. The molecule has 2 aromatic heterocycles. The normalized spacial score (nSPS) is 12.8. The first-order valence-electron chi connectivity index (χ1n) is 13.2. The predicted molar refractivity (Wildman–Crippen MR) is 153 cm³/mol. The quantitative estimate of drug-likeness (QED) is 0.147. The highest BCUT2D eigenvalue weighted by atomic mass is 35.5. The van der Waals surface area contributed by atoms with Gasteiger partial charge in [-0.2, -0.15) is 44.5 Å². The van der Waals surface area contributed by atoms with E-state index in [0.717, 1.165) is 35.1 Å². The van der Waals surface area contributed by atoms with Crippen LogP contribution in [0, 0.1) is 0 Å². The lowest BCUT2D eigenvalue weighted by Crippen LogP contribution is -2.39. The first-order valence-corrected chi connectivity index (χ1v) is 13.5. The molecule has 0 fully saturated rings. The Hall–Kier alpha value is -5.26. The molecule has 0 spiro atoms. The molecule has 48 heavy (non-hydrogen) atoms. The first kappa shape index (κ1) is 35.6. The monoisotopic (exact) mass is 704 g/mol. The highest BCUT2D eigenvalue weighted by Crippen LogP contribution is 2.31. The third-order valence-electron chi connectivity index (χ3n) is 6.26. The van der Waals surface area contributed by atoms with Gasteiger partial charge in [-0.3, -0.25) is 19.4 Å². The summed E-state index contributed by atoms with van der Waals surface area (Å²) >= 11 is 6.29. The van der Waals surface area contributed by atoms with Crippen LogP contribution in [0.5, 0.6) is 0 Å². The number of nitrogens with zero attached hydrogens (tertiary/aromatic N) is 3. The molecule has 252 valence electrons. The van der Waals surface area contributed by atoms with Crippen LogP contribution in [0.15, 0.2) is 67.0 Å². The Morgan fingerprint density at radius 1 is 0.750 bits per heavy atom. The molecule has 1 aliphatic rings. The number of rotatable bonds is 3. The molecule has 6 bridgehead atoms. The molecule has 19 heteroatoms. The lowest BCUT2D eigenvalue weighted by Gasteiger charge is -2.15. The average molecular weight is 705 g/mol. The van der Waals surface area contributed by atoms with E-state index < -0.39 is 41.7 Å². The van der Waals surface area contributed by atoms with Crippen molar-refractivity contribution in [3.8, 4) is 0 Å². The van der Waals surface area contributed by atoms with Crippen molar-refractivity contribution in [1.29, 1.82) is 0 Å². The van der Waals surface area contributed by atoms with Gasteiger partial charge in [-0.1, -0.05) is 23.7 Å². The fourth-order valence-electron chi connectivity index (χ4n) is 4.01. The number of amides is 1. The minimum Gasteiger partial charge on any atom is -0.339 e. The van der Waals surface area contributed by atoms with Gasteiger partial charge in [0.25, 0.3) is 5.91 Å². The molecule has 3 N–H and O–H groups in total. The van der Waals surface area contributed by atoms with Crippen LogP contribution in [0.1, 0.15) is 27.2 Å². The molecular formula is C29H18ClF9N6O3. The van der Waals surface area contributed by atoms with E-state index in [-0.39, 0.29) is 5.56 Å². The van der Waals surface area contributed by atoms with Gasteiger partial charge in [0.2, 0.25) is 5.95 Å². The van der Waals surface area contributed by atoms with E-state index in [2.05, 4.69) is 30.9 Å². The second kappa shape index (κ2) is 13.8. The lowest BCUT2D eigenvalue weighted by molar-refractivity contribution is -0.193. The molecule has 0 saturated carbocycles. The van der Waals surface area contributed by atoms with Crippen molar-refractivity contribution in [2.45, 2.75) is 31.4 Å². The van der Waals surface area contributed by atoms with E-state index in [1.165, 1.54) is 6.20 Å². The van der Waals surface area contributed by atoms with Crippen molar-refractivity contribution >= 4 is 57.9 Å². The molecule has 3 heterocycles. The third kappa shape index (κ3) is 9.18. The number of carbonyl (C=O) groups is 3. The summed E-state index contributed by atoms with van der Waals surface area (Å²) in [6.45, 7) is 0. The number of ketones is 2. The molecule has 0 saturated heterocycles. The summed E-state index contributed by atoms with van der Waals surface area (Å²) in [5, 5.41) is 9.47. The van der Waals surface area contributed by atoms with Gasteiger partial charge >= 0.3 is 30.1 Å². The van der Waals surface area contributed by atoms with E-state index in [4.69, 9.17) is 11.6 Å². The van der Waals surface area contributed by atoms with Gasteiger partial charge in [0.05, 0.1) is 11.8 Å². The number of pyridine rings is 1. The van der Waals surface area contributed by atoms with E-state index in [1.54, 1.807) is 12.1 Å². The number of aryl methyl sites for hydroxylation is 2. The molecule has 2 aromatic carbocycles. The van der Waals surface area contributed by atoms with E-state index in [0.29, 0.717) is 41.0 Å². The van der Waals surface area contributed by atoms with Crippen LogP contribution >= 0.6 is 11.6 Å². The summed E-state index contributed by atoms with van der Waals surface area (Å²) in [7, 11) is 0. The highest BCUT2D eigenvalue weighted by molar-refractivity contribution is 6.41. The maximum atomic E-state index is 12.8. The summed E-state index contributed by atoms with van der Waals surface area (Å²) in [6.07, 6.45) is -12.5. The lowest BCUT2D eigenvalue weighted by atomic mass is 10.0. The van der Waals surface area contributed by atoms with Crippen molar-refractivity contribution < 1.29 is 53.9 Å². The Kier molecular flexibility index (Phi) is 10.3. The Labute approximate surface area is 268 Å². The van der Waals surface area contributed by atoms with Gasteiger partial charge in [0.1, 0.15) is 10.7 Å². The summed E-state index contributed by atoms with van der Waals surface area (Å²) in [5.41, 5.74) is 2.86. The van der Waals surface area contributed by atoms with Gasteiger partial charge in [-0.05, 0) is 66.4 Å². The number of anilines is 5. The summed E-state index contributed by atoms with van der Waals surface area (Å²) in [4.78, 5) is 44.1. The standard InChI is InChI=1S/C25H18ClF3N6O.C4F6O2/c26-19-13-31-24-33-17-3-1-2-14(10-17)4-5-15-11-18(32-22(19)35-24)7-8-20(15)34-23(36)16-6-9-21(30-12-16)25(27,28)29;5-3(6,7)1(11)2(12)4(8,9)10/h1-3,6-13H,4-5H2,(H,34,36)(H2,31,32,33,35);. The van der Waals surface area contributed by atoms with Crippen LogP contribution < -0.4 is 16.0 Å². The van der Waals surface area contributed by atoms with Crippen LogP contribution in [-0.2, 0) is 28.6 Å². The largest absolute Gasteiger partial charge is 0.458 e. The SMILES string of the molecule is O=C(C(=O)C(F)(F)F)C(F)(F)F.O=C(Nc1ccc2cc1CCc1cccc(c1)Nc1ncc(Cl)c(n1)N2)c1ccc(C(F)(F)F)nc1. The van der Waals surface area contributed by atoms with E-state index >= 15 is 0 Å². The van der Waals surface area contributed by atoms with Gasteiger partial charge in [-0.25, -0.2) is 4.98 Å². The maximum Gasteiger partial charge on any atom is 0.458 e. The second-order valence-corrected chi connectivity index (χ2v) is 10.2. The fourth-order valence-corrected chi connectivity index (χ4v) is 4.15. The van der Waals surface area contributed by atoms with E-state index in [1.807, 2.05) is 30.3 Å². The summed E-state index contributed by atoms with van der Waals surface area (Å²) in [5.74, 6) is -6.59. The number of hydrogen-bond acceptors (Lipinski definition) is 8. The minimum absolute atomic E-state index is 0.0149. The molecule has 1 amide bonds. The fraction of sp³-hybridized carbons (Fsp3) is 0.172. The topological polar surface area (TPSA) is 126 Å². The average Bonchev–Trinajstić information content (AvgIpc) is 3.01. The summed E-state index contributed by atoms with van der Waals surface area (Å²) < 4.78 is 105. The zero-order chi connectivity index (χ0) is 35.4. The number of aromatic nitrogens is 3. The number of alkyl halides is 9. The first-order chi connectivity index (χ1) is 22.3. The number of carbonyl (C=O) groups excluding carboxylic acids is 3. The molecule has 0 unspecified atom stereocenters. The van der Waals surface area contributed by atoms with Crippen LogP contribution in [0.2, 0.25) is 5.02 Å². The molecule has 4 aromatic rings. The Bertz CT molecular complexity index is 1820. The zero-order valence-electron chi connectivity index (χ0n) is 23.6. The number of benzene rings is 2. The van der Waals surface area contributed by atoms with Crippen molar-refractivity contribution in [2.24, 2.45) is 0 Å². The van der Waals surface area contributed by atoms with Crippen molar-refractivity contribution in [2.75, 3.05) is 16.0 Å². The van der Waals surface area contributed by atoms with Crippen molar-refractivity contribution in [1.82, 2.24) is 15.0 Å². The Balaban J connectivity index is 0.000000371. The molecule has 1 aliphatic heterocycles. The molecule has 9 nitrogen and oxygen atoms in total. The second-order valence-electron chi connectivity index (χ2n) is 9.75. The molecule has 0 atom stereocenters. The van der Waals surface area contributed by atoms with Crippen molar-refractivity contribution in [3.63, 3.8) is 0 Å². The van der Waals surface area contributed by atoms with Gasteiger partial charge in [0, 0.05) is 23.3 Å². The summed E-state index contributed by atoms with van der Waals surface area (Å²) in [6, 6.07) is 15.0. The van der Waals surface area contributed by atoms with Gasteiger partial charge in [0.15, 0.2) is 5.82 Å². The van der Waals surface area contributed by atoms with Crippen LogP contribution in [-0.4, -0.2) is 44.8 Å². The number of fused-ring (bicyclic) bond motifs is 6. The van der Waals surface area contributed by atoms with Crippen LogP contribution in [0.3, 0.4) is 0 Å². The van der Waals surface area contributed by atoms with Crippen molar-refractivity contribution in [3.05, 3.63) is 94.4 Å². The van der Waals surface area contributed by atoms with E-state index in [9.17, 15) is 53.9 Å². The Morgan fingerprint density at radius 3 is 2.02 bits per heavy atom. The van der Waals surface area contributed by atoms with Crippen LogP contribution in [0.25, 0.3) is 0 Å². The van der Waals surface area contributed by atoms with Gasteiger partial charge in [-0.15, -0.1) is 0 Å². The molecule has 5 rings (SSSR count). The van der Waals surface area contributed by atoms with Crippen LogP contribution in [0.4, 0.5) is 68.3 Å². The van der Waals surface area contributed by atoms with Gasteiger partial charge < -0.3 is 16.0 Å². The Morgan fingerprint density at radius 2 is 1.42 bits per heavy atom. The smallest absolute Gasteiger partial charge is 0.339 e. The zero-order valence-corrected chi connectivity index (χ0v) is 24.4. The highest BCUT2D eigenvalue weighted by Gasteiger charge is 2.54. The molecular weight excluding hydrogens is 687 g/mol. The maximum absolute atomic E-state index is 12.8. The number of nitrogens with one attached hydrogen (secondary N) is 3. The predicted octanol–water partition coefficient (Wildman–Crippen LogP) is 7.63. The number of halogens is 10. The third-order valence-corrected chi connectivity index (χ3v) is 6.54. The number of hydrogen-bond donors (Lipinski definition) is 3. The number of Topliss-reactive ketones (excluding diaryl/α,β-unsaturated/α-hetero) is 2. The minimum atomic E-state index is -5.77.